The van der Waals surface area contributed by atoms with Gasteiger partial charge in [-0.3, -0.25) is 5.41 Å². The SMILES string of the molecule is Cc1nc(=N)c2[nH]c(C3=CCOO3)nc2n1CCc1ccccc1. The summed E-state index contributed by atoms with van der Waals surface area (Å²) in [6.45, 7) is 3.02. The van der Waals surface area contributed by atoms with Gasteiger partial charge in [0.05, 0.1) is 0 Å². The van der Waals surface area contributed by atoms with Gasteiger partial charge < -0.3 is 14.4 Å². The van der Waals surface area contributed by atoms with Crippen LogP contribution in [-0.4, -0.2) is 26.1 Å². The Balaban J connectivity index is 1.75. The summed E-state index contributed by atoms with van der Waals surface area (Å²) in [4.78, 5) is 22.0. The minimum atomic E-state index is 0.178. The first kappa shape index (κ1) is 14.6. The van der Waals surface area contributed by atoms with Gasteiger partial charge in [0.1, 0.15) is 17.9 Å². The molecule has 1 aromatic carbocycles. The van der Waals surface area contributed by atoms with Crippen LogP contribution in [-0.2, 0) is 22.7 Å². The van der Waals surface area contributed by atoms with Crippen LogP contribution in [0.4, 0.5) is 0 Å². The van der Waals surface area contributed by atoms with Crippen LogP contribution in [0.3, 0.4) is 0 Å². The van der Waals surface area contributed by atoms with Crippen LogP contribution in [0.1, 0.15) is 17.2 Å². The number of nitrogens with one attached hydrogen (secondary N) is 2. The van der Waals surface area contributed by atoms with E-state index < -0.39 is 0 Å². The van der Waals surface area contributed by atoms with Gasteiger partial charge in [-0.05, 0) is 25.0 Å². The molecule has 0 saturated carbocycles. The first-order valence-corrected chi connectivity index (χ1v) is 7.78. The number of hydrogen-bond acceptors (Lipinski definition) is 5. The summed E-state index contributed by atoms with van der Waals surface area (Å²) in [5, 5.41) is 8.09. The molecular weight excluding hydrogens is 306 g/mol. The molecule has 0 spiro atoms. The molecule has 7 nitrogen and oxygen atoms in total. The van der Waals surface area contributed by atoms with Crippen molar-refractivity contribution in [3.8, 4) is 0 Å². The van der Waals surface area contributed by atoms with Crippen molar-refractivity contribution >= 4 is 16.9 Å². The number of nitrogens with zero attached hydrogens (tertiary/aromatic N) is 3. The molecule has 24 heavy (non-hydrogen) atoms. The van der Waals surface area contributed by atoms with Crippen molar-refractivity contribution < 1.29 is 9.78 Å². The van der Waals surface area contributed by atoms with Gasteiger partial charge in [-0.25, -0.2) is 9.97 Å². The van der Waals surface area contributed by atoms with Gasteiger partial charge in [-0.2, -0.15) is 4.89 Å². The van der Waals surface area contributed by atoms with Crippen molar-refractivity contribution in [3.05, 3.63) is 59.1 Å². The van der Waals surface area contributed by atoms with E-state index in [1.54, 1.807) is 6.08 Å². The highest BCUT2D eigenvalue weighted by molar-refractivity contribution is 5.73. The Hall–Kier alpha value is -2.93. The van der Waals surface area contributed by atoms with Gasteiger partial charge in [0.2, 0.25) is 5.76 Å². The molecule has 3 heterocycles. The Morgan fingerprint density at radius 2 is 2.08 bits per heavy atom. The van der Waals surface area contributed by atoms with Crippen LogP contribution in [0.15, 0.2) is 36.4 Å². The maximum absolute atomic E-state index is 8.09. The van der Waals surface area contributed by atoms with Gasteiger partial charge in [0.25, 0.3) is 0 Å². The third kappa shape index (κ3) is 2.59. The van der Waals surface area contributed by atoms with Crippen molar-refractivity contribution in [3.63, 3.8) is 0 Å². The summed E-state index contributed by atoms with van der Waals surface area (Å²) >= 11 is 0. The molecule has 1 aliphatic rings. The summed E-state index contributed by atoms with van der Waals surface area (Å²) in [6.07, 6.45) is 2.67. The molecule has 2 aromatic heterocycles. The van der Waals surface area contributed by atoms with E-state index in [0.29, 0.717) is 29.4 Å². The smallest absolute Gasteiger partial charge is 0.206 e. The lowest BCUT2D eigenvalue weighted by atomic mass is 10.1. The Morgan fingerprint density at radius 3 is 2.83 bits per heavy atom. The molecule has 0 fully saturated rings. The topological polar surface area (TPSA) is 88.8 Å². The number of rotatable bonds is 4. The van der Waals surface area contributed by atoms with Gasteiger partial charge >= 0.3 is 0 Å². The van der Waals surface area contributed by atoms with E-state index in [-0.39, 0.29) is 5.49 Å². The fraction of sp³-hybridized carbons (Fsp3) is 0.235. The molecule has 4 rings (SSSR count). The van der Waals surface area contributed by atoms with Crippen molar-refractivity contribution in [2.75, 3.05) is 6.61 Å². The summed E-state index contributed by atoms with van der Waals surface area (Å²) in [7, 11) is 0. The van der Waals surface area contributed by atoms with Crippen molar-refractivity contribution in [2.45, 2.75) is 19.9 Å². The van der Waals surface area contributed by atoms with Gasteiger partial charge in [0.15, 0.2) is 17.0 Å². The zero-order chi connectivity index (χ0) is 16.5. The molecule has 0 bridgehead atoms. The molecule has 122 valence electrons. The van der Waals surface area contributed by atoms with Crippen LogP contribution < -0.4 is 5.49 Å². The second-order valence-electron chi connectivity index (χ2n) is 5.62. The minimum absolute atomic E-state index is 0.178. The molecule has 3 aromatic rings. The third-order valence-corrected chi connectivity index (χ3v) is 4.03. The van der Waals surface area contributed by atoms with Crippen LogP contribution in [0.2, 0.25) is 0 Å². The number of H-pyrrole nitrogens is 1. The lowest BCUT2D eigenvalue weighted by Gasteiger charge is -2.10. The third-order valence-electron chi connectivity index (χ3n) is 4.03. The monoisotopic (exact) mass is 323 g/mol. The first-order chi connectivity index (χ1) is 11.7. The van der Waals surface area contributed by atoms with E-state index in [9.17, 15) is 0 Å². The predicted molar refractivity (Wildman–Crippen MR) is 87.6 cm³/mol. The summed E-state index contributed by atoms with van der Waals surface area (Å²) in [6, 6.07) is 10.3. The number of benzene rings is 1. The predicted octanol–water partition coefficient (Wildman–Crippen LogP) is 2.09. The van der Waals surface area contributed by atoms with Crippen LogP contribution in [0.5, 0.6) is 0 Å². The Bertz CT molecular complexity index is 972. The van der Waals surface area contributed by atoms with Gasteiger partial charge in [-0.1, -0.05) is 30.3 Å². The average Bonchev–Trinajstić information content (AvgIpc) is 3.25. The summed E-state index contributed by atoms with van der Waals surface area (Å²) in [5.41, 5.74) is 2.73. The number of hydrogen-bond donors (Lipinski definition) is 2. The highest BCUT2D eigenvalue weighted by Gasteiger charge is 2.18. The number of aromatic nitrogens is 4. The number of imidazole rings is 1. The molecule has 0 atom stereocenters. The largest absolute Gasteiger partial charge is 0.333 e. The average molecular weight is 323 g/mol. The quantitative estimate of drug-likeness (QED) is 0.720. The maximum Gasteiger partial charge on any atom is 0.206 e. The molecule has 2 N–H and O–H groups in total. The van der Waals surface area contributed by atoms with E-state index >= 15 is 0 Å². The normalized spacial score (nSPS) is 14.0. The van der Waals surface area contributed by atoms with Crippen LogP contribution >= 0.6 is 0 Å². The lowest BCUT2D eigenvalue weighted by Crippen LogP contribution is -2.18. The number of aryl methyl sites for hydroxylation is 3. The lowest BCUT2D eigenvalue weighted by molar-refractivity contribution is -0.209. The fourth-order valence-electron chi connectivity index (χ4n) is 2.80. The molecule has 1 aliphatic heterocycles. The standard InChI is InChI=1S/C17H17N5O2/c1-11-19-15(18)14-17(21-16(20-14)13-8-10-23-24-13)22(11)9-7-12-5-3-2-4-6-12/h2-6,8,18H,7,9-10H2,1H3,(H,20,21). The first-order valence-electron chi connectivity index (χ1n) is 7.78. The highest BCUT2D eigenvalue weighted by atomic mass is 17.2. The van der Waals surface area contributed by atoms with E-state index in [1.165, 1.54) is 5.56 Å². The molecular formula is C17H17N5O2. The fourth-order valence-corrected chi connectivity index (χ4v) is 2.80. The van der Waals surface area contributed by atoms with Gasteiger partial charge in [-0.15, -0.1) is 0 Å². The Morgan fingerprint density at radius 1 is 1.25 bits per heavy atom. The molecule has 0 radical (unpaired) electrons. The molecule has 0 aliphatic carbocycles. The zero-order valence-corrected chi connectivity index (χ0v) is 13.2. The summed E-state index contributed by atoms with van der Waals surface area (Å²) in [5.74, 6) is 1.86. The van der Waals surface area contributed by atoms with Crippen molar-refractivity contribution in [2.24, 2.45) is 0 Å². The van der Waals surface area contributed by atoms with Crippen LogP contribution in [0.25, 0.3) is 16.9 Å². The van der Waals surface area contributed by atoms with E-state index in [4.69, 9.17) is 15.2 Å². The van der Waals surface area contributed by atoms with Crippen molar-refractivity contribution in [1.29, 1.82) is 5.41 Å². The maximum atomic E-state index is 8.09. The van der Waals surface area contributed by atoms with E-state index in [0.717, 1.165) is 18.8 Å². The minimum Gasteiger partial charge on any atom is -0.333 e. The Kier molecular flexibility index (Phi) is 3.62. The molecule has 7 heteroatoms. The Labute approximate surface area is 138 Å². The second-order valence-corrected chi connectivity index (χ2v) is 5.62. The van der Waals surface area contributed by atoms with Gasteiger partial charge in [0, 0.05) is 6.54 Å². The zero-order valence-electron chi connectivity index (χ0n) is 13.2. The highest BCUT2D eigenvalue weighted by Crippen LogP contribution is 2.20. The van der Waals surface area contributed by atoms with E-state index in [2.05, 4.69) is 27.1 Å². The molecule has 0 saturated heterocycles. The van der Waals surface area contributed by atoms with Crippen molar-refractivity contribution in [1.82, 2.24) is 19.5 Å². The summed E-state index contributed by atoms with van der Waals surface area (Å²) < 4.78 is 2.02. The molecule has 0 amide bonds. The number of aromatic amines is 1. The second kappa shape index (κ2) is 5.93. The van der Waals surface area contributed by atoms with E-state index in [1.807, 2.05) is 29.7 Å². The molecule has 0 unspecified atom stereocenters. The van der Waals surface area contributed by atoms with Crippen LogP contribution in [0, 0.1) is 12.3 Å². The number of fused-ring (bicyclic) bond motifs is 1.